The summed E-state index contributed by atoms with van der Waals surface area (Å²) in [6, 6.07) is 17.6. The molecule has 1 saturated heterocycles. The van der Waals surface area contributed by atoms with Crippen molar-refractivity contribution < 1.29 is 9.59 Å². The van der Waals surface area contributed by atoms with Crippen LogP contribution >= 0.6 is 11.3 Å². The van der Waals surface area contributed by atoms with E-state index in [1.165, 1.54) is 16.7 Å². The Morgan fingerprint density at radius 3 is 2.81 bits per heavy atom. The van der Waals surface area contributed by atoms with Crippen molar-refractivity contribution in [2.45, 2.75) is 19.0 Å². The van der Waals surface area contributed by atoms with Gasteiger partial charge in [0.15, 0.2) is 0 Å². The fourth-order valence-electron chi connectivity index (χ4n) is 3.34. The van der Waals surface area contributed by atoms with E-state index in [0.29, 0.717) is 19.5 Å². The van der Waals surface area contributed by atoms with Gasteiger partial charge in [-0.15, -0.1) is 11.3 Å². The number of thiophene rings is 1. The van der Waals surface area contributed by atoms with E-state index in [1.54, 1.807) is 0 Å². The SMILES string of the molecule is O=C(Nc1cccs1)N[C@@H]1CC(=O)N(Cc2cccc3ccccc23)C1. The third-order valence-electron chi connectivity index (χ3n) is 4.55. The van der Waals surface area contributed by atoms with Gasteiger partial charge >= 0.3 is 6.03 Å². The summed E-state index contributed by atoms with van der Waals surface area (Å²) in [5, 5.41) is 10.7. The molecule has 0 aliphatic carbocycles. The van der Waals surface area contributed by atoms with Crippen LogP contribution in [0.2, 0.25) is 0 Å². The van der Waals surface area contributed by atoms with Crippen molar-refractivity contribution in [2.75, 3.05) is 11.9 Å². The molecule has 2 N–H and O–H groups in total. The lowest BCUT2D eigenvalue weighted by Crippen LogP contribution is -2.39. The zero-order valence-corrected chi connectivity index (χ0v) is 15.0. The summed E-state index contributed by atoms with van der Waals surface area (Å²) < 4.78 is 0. The molecular formula is C20H19N3O2S. The van der Waals surface area contributed by atoms with E-state index in [1.807, 2.05) is 40.6 Å². The minimum Gasteiger partial charge on any atom is -0.336 e. The summed E-state index contributed by atoms with van der Waals surface area (Å²) in [7, 11) is 0. The summed E-state index contributed by atoms with van der Waals surface area (Å²) >= 11 is 1.46. The van der Waals surface area contributed by atoms with Gasteiger partial charge in [-0.05, 0) is 33.8 Å². The molecule has 26 heavy (non-hydrogen) atoms. The largest absolute Gasteiger partial charge is 0.336 e. The highest BCUT2D eigenvalue weighted by molar-refractivity contribution is 7.14. The van der Waals surface area contributed by atoms with E-state index in [4.69, 9.17) is 0 Å². The van der Waals surface area contributed by atoms with Gasteiger partial charge in [-0.2, -0.15) is 0 Å². The monoisotopic (exact) mass is 365 g/mol. The summed E-state index contributed by atoms with van der Waals surface area (Å²) in [4.78, 5) is 26.3. The number of benzene rings is 2. The van der Waals surface area contributed by atoms with E-state index < -0.39 is 0 Å². The smallest absolute Gasteiger partial charge is 0.320 e. The molecule has 3 amide bonds. The van der Waals surface area contributed by atoms with Crippen molar-refractivity contribution in [2.24, 2.45) is 0 Å². The number of likely N-dealkylation sites (tertiary alicyclic amines) is 1. The minimum absolute atomic E-state index is 0.0688. The second-order valence-corrected chi connectivity index (χ2v) is 7.34. The second kappa shape index (κ2) is 7.17. The first-order valence-corrected chi connectivity index (χ1v) is 9.42. The maximum atomic E-state index is 12.4. The Morgan fingerprint density at radius 1 is 1.12 bits per heavy atom. The Bertz CT molecular complexity index is 934. The number of hydrogen-bond acceptors (Lipinski definition) is 3. The number of carbonyl (C=O) groups excluding carboxylic acids is 2. The van der Waals surface area contributed by atoms with Gasteiger partial charge in [0.2, 0.25) is 5.91 Å². The molecule has 132 valence electrons. The van der Waals surface area contributed by atoms with Gasteiger partial charge in [-0.3, -0.25) is 10.1 Å². The number of hydrogen-bond donors (Lipinski definition) is 2. The molecule has 6 heteroatoms. The number of carbonyl (C=O) groups is 2. The highest BCUT2D eigenvalue weighted by Gasteiger charge is 2.30. The van der Waals surface area contributed by atoms with Crippen molar-refractivity contribution >= 4 is 39.0 Å². The highest BCUT2D eigenvalue weighted by atomic mass is 32.1. The van der Waals surface area contributed by atoms with Crippen molar-refractivity contribution in [1.82, 2.24) is 10.2 Å². The maximum absolute atomic E-state index is 12.4. The topological polar surface area (TPSA) is 61.4 Å². The number of nitrogens with zero attached hydrogens (tertiary/aromatic N) is 1. The number of amides is 3. The average molecular weight is 365 g/mol. The molecule has 1 aromatic heterocycles. The predicted molar refractivity (Wildman–Crippen MR) is 104 cm³/mol. The number of rotatable bonds is 4. The molecule has 5 nitrogen and oxygen atoms in total. The molecule has 0 unspecified atom stereocenters. The number of urea groups is 1. The maximum Gasteiger partial charge on any atom is 0.320 e. The van der Waals surface area contributed by atoms with Crippen LogP contribution < -0.4 is 10.6 Å². The van der Waals surface area contributed by atoms with Crippen molar-refractivity contribution in [3.63, 3.8) is 0 Å². The fraction of sp³-hybridized carbons (Fsp3) is 0.200. The molecule has 1 atom stereocenters. The van der Waals surface area contributed by atoms with E-state index in [0.717, 1.165) is 16.0 Å². The van der Waals surface area contributed by atoms with Gasteiger partial charge in [0.25, 0.3) is 0 Å². The van der Waals surface area contributed by atoms with Crippen LogP contribution in [0.1, 0.15) is 12.0 Å². The van der Waals surface area contributed by atoms with E-state index in [2.05, 4.69) is 34.9 Å². The van der Waals surface area contributed by atoms with Gasteiger partial charge in [-0.25, -0.2) is 4.79 Å². The molecule has 1 fully saturated rings. The standard InChI is InChI=1S/C20H19N3O2S/c24-19-11-16(21-20(25)22-18-9-4-10-26-18)13-23(19)12-15-7-3-6-14-5-1-2-8-17(14)15/h1-10,16H,11-13H2,(H2,21,22,25)/t16-/m1/s1. The van der Waals surface area contributed by atoms with Crippen LogP contribution in [0.3, 0.4) is 0 Å². The highest BCUT2D eigenvalue weighted by Crippen LogP contribution is 2.22. The number of nitrogens with one attached hydrogen (secondary N) is 2. The van der Waals surface area contributed by atoms with Crippen LogP contribution in [-0.4, -0.2) is 29.4 Å². The van der Waals surface area contributed by atoms with Gasteiger partial charge in [0, 0.05) is 19.5 Å². The first kappa shape index (κ1) is 16.6. The van der Waals surface area contributed by atoms with Crippen molar-refractivity contribution in [3.8, 4) is 0 Å². The Labute approximate surface area is 155 Å². The summed E-state index contributed by atoms with van der Waals surface area (Å²) in [5.74, 6) is 0.0688. The third kappa shape index (κ3) is 3.55. The van der Waals surface area contributed by atoms with Crippen LogP contribution in [-0.2, 0) is 11.3 Å². The van der Waals surface area contributed by atoms with Crippen LogP contribution in [0, 0.1) is 0 Å². The summed E-state index contributed by atoms with van der Waals surface area (Å²) in [5.41, 5.74) is 1.13. The minimum atomic E-state index is -0.266. The fourth-order valence-corrected chi connectivity index (χ4v) is 3.95. The molecular weight excluding hydrogens is 346 g/mol. The van der Waals surface area contributed by atoms with Crippen LogP contribution in [0.4, 0.5) is 9.80 Å². The molecule has 0 radical (unpaired) electrons. The predicted octanol–water partition coefficient (Wildman–Crippen LogP) is 3.82. The zero-order chi connectivity index (χ0) is 17.9. The van der Waals surface area contributed by atoms with E-state index >= 15 is 0 Å². The lowest BCUT2D eigenvalue weighted by Gasteiger charge is -2.18. The third-order valence-corrected chi connectivity index (χ3v) is 5.33. The molecule has 0 saturated carbocycles. The van der Waals surface area contributed by atoms with E-state index in [9.17, 15) is 9.59 Å². The molecule has 1 aliphatic heterocycles. The molecule has 2 heterocycles. The number of fused-ring (bicyclic) bond motifs is 1. The summed E-state index contributed by atoms with van der Waals surface area (Å²) in [6.45, 7) is 1.09. The second-order valence-electron chi connectivity index (χ2n) is 6.39. The molecule has 3 aromatic rings. The lowest BCUT2D eigenvalue weighted by atomic mass is 10.0. The first-order valence-electron chi connectivity index (χ1n) is 8.54. The Kier molecular flexibility index (Phi) is 4.58. The van der Waals surface area contributed by atoms with Crippen LogP contribution in [0.5, 0.6) is 0 Å². The Hall–Kier alpha value is -2.86. The lowest BCUT2D eigenvalue weighted by molar-refractivity contribution is -0.128. The van der Waals surface area contributed by atoms with Gasteiger partial charge in [0.1, 0.15) is 0 Å². The van der Waals surface area contributed by atoms with Crippen LogP contribution in [0.25, 0.3) is 10.8 Å². The Morgan fingerprint density at radius 2 is 1.96 bits per heavy atom. The van der Waals surface area contributed by atoms with Crippen LogP contribution in [0.15, 0.2) is 60.0 Å². The average Bonchev–Trinajstić information content (AvgIpc) is 3.25. The van der Waals surface area contributed by atoms with Gasteiger partial charge in [-0.1, -0.05) is 42.5 Å². The number of anilines is 1. The van der Waals surface area contributed by atoms with Crippen molar-refractivity contribution in [1.29, 1.82) is 0 Å². The Balaban J connectivity index is 1.41. The quantitative estimate of drug-likeness (QED) is 0.738. The first-order chi connectivity index (χ1) is 12.7. The summed E-state index contributed by atoms with van der Waals surface area (Å²) in [6.07, 6.45) is 0.336. The van der Waals surface area contributed by atoms with Crippen molar-refractivity contribution in [3.05, 3.63) is 65.5 Å². The molecule has 4 rings (SSSR count). The normalized spacial score (nSPS) is 16.8. The zero-order valence-electron chi connectivity index (χ0n) is 14.1. The van der Waals surface area contributed by atoms with Gasteiger partial charge in [0.05, 0.1) is 11.0 Å². The molecule has 0 spiro atoms. The van der Waals surface area contributed by atoms with Gasteiger partial charge < -0.3 is 10.2 Å². The molecule has 0 bridgehead atoms. The van der Waals surface area contributed by atoms with E-state index in [-0.39, 0.29) is 18.0 Å². The molecule has 1 aliphatic rings. The molecule has 2 aromatic carbocycles.